The highest BCUT2D eigenvalue weighted by Gasteiger charge is 2.49. The largest absolute Gasteiger partial charge is 0.481 e. The third-order valence-electron chi connectivity index (χ3n) is 7.91. The molecule has 1 aliphatic carbocycles. The van der Waals surface area contributed by atoms with Crippen LogP contribution in [0.3, 0.4) is 0 Å². The van der Waals surface area contributed by atoms with Crippen LogP contribution >= 0.6 is 0 Å². The zero-order chi connectivity index (χ0) is 29.9. The van der Waals surface area contributed by atoms with Crippen molar-refractivity contribution in [1.82, 2.24) is 0 Å². The summed E-state index contributed by atoms with van der Waals surface area (Å²) in [5, 5.41) is 23.2. The number of aliphatic imine (C=N–C) groups is 1. The summed E-state index contributed by atoms with van der Waals surface area (Å²) in [5.74, 6) is -2.42. The average Bonchev–Trinajstić information content (AvgIpc) is 3.33. The fraction of sp³-hybridized carbons (Fsp3) is 0.433. The van der Waals surface area contributed by atoms with Crippen molar-refractivity contribution in [2.45, 2.75) is 70.8 Å². The van der Waals surface area contributed by atoms with Gasteiger partial charge >= 0.3 is 17.9 Å². The van der Waals surface area contributed by atoms with E-state index in [0.717, 1.165) is 31.2 Å². The van der Waals surface area contributed by atoms with Crippen LogP contribution < -0.4 is 16.2 Å². The summed E-state index contributed by atoms with van der Waals surface area (Å²) in [5.41, 5.74) is 11.6. The molecule has 0 aromatic heterocycles. The first-order valence-electron chi connectivity index (χ1n) is 13.5. The van der Waals surface area contributed by atoms with Gasteiger partial charge < -0.3 is 31.3 Å². The van der Waals surface area contributed by atoms with E-state index < -0.39 is 29.9 Å². The number of aliphatic carboxylic acids is 2. The van der Waals surface area contributed by atoms with E-state index >= 15 is 0 Å². The van der Waals surface area contributed by atoms with Crippen LogP contribution in [0.25, 0.3) is 0 Å². The number of hydrogen-bond acceptors (Lipinski definition) is 7. The van der Waals surface area contributed by atoms with Crippen molar-refractivity contribution in [3.05, 3.63) is 59.2 Å². The lowest BCUT2D eigenvalue weighted by Crippen LogP contribution is -2.41. The first-order valence-corrected chi connectivity index (χ1v) is 13.5. The summed E-state index contributed by atoms with van der Waals surface area (Å²) in [7, 11) is 0. The number of hydrogen-bond donors (Lipinski definition) is 4. The fourth-order valence-corrected chi connectivity index (χ4v) is 5.61. The third-order valence-corrected chi connectivity index (χ3v) is 7.91. The summed E-state index contributed by atoms with van der Waals surface area (Å²) in [6.07, 6.45) is 2.98. The number of ether oxygens (including phenoxy) is 1. The van der Waals surface area contributed by atoms with E-state index in [1.807, 2.05) is 6.07 Å². The summed E-state index contributed by atoms with van der Waals surface area (Å²) in [4.78, 5) is 45.6. The van der Waals surface area contributed by atoms with Crippen LogP contribution in [-0.4, -0.2) is 45.4 Å². The molecule has 0 saturated heterocycles. The number of rotatable bonds is 8. The van der Waals surface area contributed by atoms with E-state index in [1.165, 1.54) is 12.1 Å². The molecular formula is C30H36N4O7. The van der Waals surface area contributed by atoms with Gasteiger partial charge in [0.1, 0.15) is 5.75 Å². The van der Waals surface area contributed by atoms with E-state index in [1.54, 1.807) is 24.3 Å². The van der Waals surface area contributed by atoms with E-state index in [0.29, 0.717) is 22.9 Å². The van der Waals surface area contributed by atoms with Crippen molar-refractivity contribution in [1.29, 1.82) is 0 Å². The minimum atomic E-state index is -2.01. The van der Waals surface area contributed by atoms with Crippen LogP contribution in [0.15, 0.2) is 52.6 Å². The molecule has 1 heterocycles. The number of nitrogens with two attached hydrogens (primary N) is 2. The Labute approximate surface area is 238 Å². The fourth-order valence-electron chi connectivity index (χ4n) is 5.61. The molecule has 1 atom stereocenters. The van der Waals surface area contributed by atoms with E-state index in [9.17, 15) is 24.6 Å². The lowest BCUT2D eigenvalue weighted by atomic mass is 9.68. The highest BCUT2D eigenvalue weighted by atomic mass is 16.7. The van der Waals surface area contributed by atoms with Crippen molar-refractivity contribution in [2.75, 3.05) is 0 Å². The Morgan fingerprint density at radius 2 is 1.71 bits per heavy atom. The Kier molecular flexibility index (Phi) is 8.37. The predicted octanol–water partition coefficient (Wildman–Crippen LogP) is 4.55. The molecular weight excluding hydrogens is 528 g/mol. The maximum absolute atomic E-state index is 12.9. The normalized spacial score (nSPS) is 22.3. The molecule has 1 saturated carbocycles. The highest BCUT2D eigenvalue weighted by molar-refractivity contribution is 6.06. The lowest BCUT2D eigenvalue weighted by Gasteiger charge is -2.37. The van der Waals surface area contributed by atoms with Gasteiger partial charge in [0.05, 0.1) is 23.4 Å². The molecule has 4 rings (SSSR count). The SMILES string of the molecule is CC(C)(C)C1CCC(c2ccc(OC(=O)c3ccc(N=C(N)N)cc3)cc2C2=NOC(CC(=O)O)(C(=O)O)C2)CC1. The molecule has 0 radical (unpaired) electrons. The van der Waals surface area contributed by atoms with Crippen LogP contribution in [0.4, 0.5) is 5.69 Å². The molecule has 2 aromatic carbocycles. The van der Waals surface area contributed by atoms with E-state index in [2.05, 4.69) is 30.9 Å². The number of esters is 1. The predicted molar refractivity (Wildman–Crippen MR) is 152 cm³/mol. The van der Waals surface area contributed by atoms with Gasteiger partial charge in [0.2, 0.25) is 5.60 Å². The number of carboxylic acid groups (broad SMARTS) is 2. The Morgan fingerprint density at radius 3 is 2.27 bits per heavy atom. The van der Waals surface area contributed by atoms with Gasteiger partial charge in [-0.25, -0.2) is 14.6 Å². The smallest absolute Gasteiger partial charge is 0.351 e. The topological polar surface area (TPSA) is 187 Å². The van der Waals surface area contributed by atoms with Crippen LogP contribution in [0, 0.1) is 11.3 Å². The minimum Gasteiger partial charge on any atom is -0.481 e. The summed E-state index contributed by atoms with van der Waals surface area (Å²) < 4.78 is 5.66. The molecule has 11 heteroatoms. The summed E-state index contributed by atoms with van der Waals surface area (Å²) in [6, 6.07) is 11.5. The van der Waals surface area contributed by atoms with Crippen LogP contribution in [-0.2, 0) is 14.4 Å². The zero-order valence-electron chi connectivity index (χ0n) is 23.4. The Morgan fingerprint density at radius 1 is 1.05 bits per heavy atom. The average molecular weight is 565 g/mol. The first kappa shape index (κ1) is 29.6. The molecule has 0 spiro atoms. The van der Waals surface area contributed by atoms with Crippen molar-refractivity contribution >= 4 is 35.3 Å². The summed E-state index contributed by atoms with van der Waals surface area (Å²) >= 11 is 0. The second kappa shape index (κ2) is 11.6. The quantitative estimate of drug-likeness (QED) is 0.154. The molecule has 11 nitrogen and oxygen atoms in total. The standard InChI is InChI=1S/C30H36N4O7/c1-29(2,3)19-8-4-17(5-9-19)22-13-12-21(40-26(37)18-6-10-20(11-7-18)33-28(31)32)14-23(22)24-15-30(27(38)39,41-34-24)16-25(35)36/h6-7,10-14,17,19H,4-5,8-9,15-16H2,1-3H3,(H,35,36)(H,38,39)(H4,31,32,33). The number of nitrogens with zero attached hydrogens (tertiary/aromatic N) is 2. The number of carbonyl (C=O) groups excluding carboxylic acids is 1. The van der Waals surface area contributed by atoms with Gasteiger partial charge in [-0.05, 0) is 84.9 Å². The van der Waals surface area contributed by atoms with Crippen molar-refractivity contribution in [3.8, 4) is 5.75 Å². The van der Waals surface area contributed by atoms with E-state index in [-0.39, 0.29) is 35.0 Å². The van der Waals surface area contributed by atoms with Crippen LogP contribution in [0.1, 0.15) is 86.7 Å². The number of oxime groups is 1. The van der Waals surface area contributed by atoms with Gasteiger partial charge in [-0.2, -0.15) is 0 Å². The number of carbonyl (C=O) groups is 3. The van der Waals surface area contributed by atoms with Crippen molar-refractivity contribution < 1.29 is 34.2 Å². The zero-order valence-corrected chi connectivity index (χ0v) is 23.4. The minimum absolute atomic E-state index is 0.103. The number of guanidine groups is 1. The molecule has 2 aromatic rings. The number of carboxylic acids is 2. The molecule has 41 heavy (non-hydrogen) atoms. The molecule has 1 fully saturated rings. The molecule has 218 valence electrons. The monoisotopic (exact) mass is 564 g/mol. The molecule has 0 amide bonds. The van der Waals surface area contributed by atoms with Gasteiger partial charge in [0, 0.05) is 12.0 Å². The van der Waals surface area contributed by atoms with E-state index in [4.69, 9.17) is 21.0 Å². The molecule has 1 aliphatic heterocycles. The maximum Gasteiger partial charge on any atom is 0.351 e. The van der Waals surface area contributed by atoms with Gasteiger partial charge in [0.25, 0.3) is 0 Å². The second-order valence-corrected chi connectivity index (χ2v) is 11.8. The molecule has 6 N–H and O–H groups in total. The summed E-state index contributed by atoms with van der Waals surface area (Å²) in [6.45, 7) is 6.75. The Balaban J connectivity index is 1.63. The molecule has 0 bridgehead atoms. The highest BCUT2D eigenvalue weighted by Crippen LogP contribution is 2.45. The number of benzene rings is 2. The van der Waals surface area contributed by atoms with Gasteiger partial charge in [-0.15, -0.1) is 0 Å². The first-order chi connectivity index (χ1) is 19.3. The Bertz CT molecular complexity index is 1380. The molecule has 1 unspecified atom stereocenters. The van der Waals surface area contributed by atoms with Gasteiger partial charge in [0.15, 0.2) is 5.96 Å². The Hall–Kier alpha value is -4.41. The second-order valence-electron chi connectivity index (χ2n) is 11.8. The third kappa shape index (κ3) is 6.85. The lowest BCUT2D eigenvalue weighted by molar-refractivity contribution is -0.169. The van der Waals surface area contributed by atoms with Crippen molar-refractivity contribution in [3.63, 3.8) is 0 Å². The van der Waals surface area contributed by atoms with Crippen molar-refractivity contribution in [2.24, 2.45) is 32.9 Å². The van der Waals surface area contributed by atoms with Gasteiger partial charge in [-0.3, -0.25) is 4.79 Å². The van der Waals surface area contributed by atoms with Crippen LogP contribution in [0.2, 0.25) is 0 Å². The van der Waals surface area contributed by atoms with Gasteiger partial charge in [-0.1, -0.05) is 32.0 Å². The molecule has 2 aliphatic rings. The van der Waals surface area contributed by atoms with Crippen LogP contribution in [0.5, 0.6) is 5.75 Å². The maximum atomic E-state index is 12.9.